The van der Waals surface area contributed by atoms with Gasteiger partial charge in [0.2, 0.25) is 0 Å². The fraction of sp³-hybridized carbons (Fsp3) is 0.591. The standard InChI is InChI=1S/C22H33N5OS/c1-23-22(25-18-9-13-27(14-10-18)21-8-6-16-29-21)24-17-19(20-7-5-15-28-20)26-11-3-2-4-12-26/h5-8,15-16,18-19H,2-4,9-14,17H2,1H3,(H2,23,24,25). The molecule has 0 amide bonds. The first kappa shape index (κ1) is 20.3. The van der Waals surface area contributed by atoms with Gasteiger partial charge in [0, 0.05) is 32.7 Å². The zero-order chi connectivity index (χ0) is 19.9. The largest absolute Gasteiger partial charge is 0.468 e. The van der Waals surface area contributed by atoms with E-state index in [0.717, 1.165) is 57.3 Å². The highest BCUT2D eigenvalue weighted by molar-refractivity contribution is 7.14. The van der Waals surface area contributed by atoms with Crippen LogP contribution >= 0.6 is 11.3 Å². The Labute approximate surface area is 178 Å². The Balaban J connectivity index is 1.29. The Morgan fingerprint density at radius 2 is 2.00 bits per heavy atom. The number of nitrogens with one attached hydrogen (secondary N) is 2. The van der Waals surface area contributed by atoms with Crippen LogP contribution in [0.2, 0.25) is 0 Å². The van der Waals surface area contributed by atoms with Crippen molar-refractivity contribution < 1.29 is 4.42 Å². The van der Waals surface area contributed by atoms with E-state index in [1.54, 1.807) is 6.26 Å². The van der Waals surface area contributed by atoms with Gasteiger partial charge in [-0.05, 0) is 68.4 Å². The van der Waals surface area contributed by atoms with E-state index in [1.165, 1.54) is 24.3 Å². The van der Waals surface area contributed by atoms with Gasteiger partial charge in [-0.15, -0.1) is 11.3 Å². The highest BCUT2D eigenvalue weighted by atomic mass is 32.1. The summed E-state index contributed by atoms with van der Waals surface area (Å²) in [5, 5.41) is 10.7. The quantitative estimate of drug-likeness (QED) is 0.557. The van der Waals surface area contributed by atoms with Gasteiger partial charge < -0.3 is 20.0 Å². The molecule has 4 heterocycles. The number of guanidine groups is 1. The van der Waals surface area contributed by atoms with Crippen LogP contribution in [-0.2, 0) is 0 Å². The summed E-state index contributed by atoms with van der Waals surface area (Å²) in [5.41, 5.74) is 0. The van der Waals surface area contributed by atoms with Gasteiger partial charge in [0.1, 0.15) is 5.76 Å². The SMILES string of the molecule is CN=C(NCC(c1ccco1)N1CCCCC1)NC1CCN(c2cccs2)CC1. The van der Waals surface area contributed by atoms with Crippen LogP contribution in [0.5, 0.6) is 0 Å². The lowest BCUT2D eigenvalue weighted by molar-refractivity contribution is 0.146. The Kier molecular flexibility index (Phi) is 7.11. The average molecular weight is 416 g/mol. The van der Waals surface area contributed by atoms with E-state index in [4.69, 9.17) is 4.42 Å². The van der Waals surface area contributed by atoms with Crippen LogP contribution in [0.3, 0.4) is 0 Å². The molecular formula is C22H33N5OS. The topological polar surface area (TPSA) is 56.0 Å². The zero-order valence-corrected chi connectivity index (χ0v) is 18.2. The highest BCUT2D eigenvalue weighted by Gasteiger charge is 2.25. The van der Waals surface area contributed by atoms with Crippen LogP contribution in [0.15, 0.2) is 45.3 Å². The molecule has 0 saturated carbocycles. The summed E-state index contributed by atoms with van der Waals surface area (Å²) in [6, 6.07) is 9.15. The van der Waals surface area contributed by atoms with Gasteiger partial charge in [0.25, 0.3) is 0 Å². The number of likely N-dealkylation sites (tertiary alicyclic amines) is 1. The number of nitrogens with zero attached hydrogens (tertiary/aromatic N) is 3. The van der Waals surface area contributed by atoms with E-state index in [1.807, 2.05) is 24.5 Å². The lowest BCUT2D eigenvalue weighted by Crippen LogP contribution is -2.50. The maximum Gasteiger partial charge on any atom is 0.191 e. The molecule has 1 atom stereocenters. The van der Waals surface area contributed by atoms with Crippen molar-refractivity contribution in [1.82, 2.24) is 15.5 Å². The van der Waals surface area contributed by atoms with Gasteiger partial charge >= 0.3 is 0 Å². The third-order valence-corrected chi connectivity index (χ3v) is 6.97. The highest BCUT2D eigenvalue weighted by Crippen LogP contribution is 2.26. The first-order valence-corrected chi connectivity index (χ1v) is 11.7. The molecule has 0 spiro atoms. The van der Waals surface area contributed by atoms with Gasteiger partial charge in [0.05, 0.1) is 17.3 Å². The molecule has 6 nitrogen and oxygen atoms in total. The van der Waals surface area contributed by atoms with Gasteiger partial charge in [-0.2, -0.15) is 0 Å². The Hall–Kier alpha value is -1.99. The predicted molar refractivity (Wildman–Crippen MR) is 121 cm³/mol. The van der Waals surface area contributed by atoms with E-state index in [9.17, 15) is 0 Å². The van der Waals surface area contributed by atoms with Gasteiger partial charge in [-0.1, -0.05) is 6.42 Å². The number of furan rings is 1. The summed E-state index contributed by atoms with van der Waals surface area (Å²) in [6.45, 7) is 5.28. The second-order valence-electron chi connectivity index (χ2n) is 7.94. The Morgan fingerprint density at radius 1 is 1.17 bits per heavy atom. The fourth-order valence-electron chi connectivity index (χ4n) is 4.40. The van der Waals surface area contributed by atoms with Crippen LogP contribution < -0.4 is 15.5 Å². The molecule has 2 saturated heterocycles. The summed E-state index contributed by atoms with van der Waals surface area (Å²) >= 11 is 1.83. The number of aliphatic imine (C=N–C) groups is 1. The van der Waals surface area contributed by atoms with Crippen LogP contribution in [0, 0.1) is 0 Å². The first-order chi connectivity index (χ1) is 14.3. The lowest BCUT2D eigenvalue weighted by atomic mass is 10.1. The van der Waals surface area contributed by atoms with E-state index < -0.39 is 0 Å². The molecule has 1 unspecified atom stereocenters. The Morgan fingerprint density at radius 3 is 2.66 bits per heavy atom. The molecule has 2 N–H and O–H groups in total. The van der Waals surface area contributed by atoms with Crippen molar-refractivity contribution in [3.05, 3.63) is 41.7 Å². The summed E-state index contributed by atoms with van der Waals surface area (Å²) < 4.78 is 5.77. The minimum atomic E-state index is 0.254. The number of rotatable bonds is 6. The number of anilines is 1. The molecule has 0 aliphatic carbocycles. The maximum atomic E-state index is 5.77. The molecule has 29 heavy (non-hydrogen) atoms. The molecule has 7 heteroatoms. The van der Waals surface area contributed by atoms with Crippen molar-refractivity contribution >= 4 is 22.3 Å². The summed E-state index contributed by atoms with van der Waals surface area (Å²) in [7, 11) is 1.86. The van der Waals surface area contributed by atoms with Crippen molar-refractivity contribution in [1.29, 1.82) is 0 Å². The van der Waals surface area contributed by atoms with E-state index in [-0.39, 0.29) is 6.04 Å². The summed E-state index contributed by atoms with van der Waals surface area (Å²) in [6.07, 6.45) is 7.92. The molecule has 2 aromatic rings. The lowest BCUT2D eigenvalue weighted by Gasteiger charge is -2.35. The molecule has 0 bridgehead atoms. The molecule has 158 valence electrons. The molecule has 2 aromatic heterocycles. The minimum absolute atomic E-state index is 0.254. The second-order valence-corrected chi connectivity index (χ2v) is 8.86. The van der Waals surface area contributed by atoms with Crippen LogP contribution in [0.25, 0.3) is 0 Å². The molecule has 2 fully saturated rings. The normalized spacial score (nSPS) is 20.6. The molecule has 0 aromatic carbocycles. The molecule has 4 rings (SSSR count). The molecular weight excluding hydrogens is 382 g/mol. The third kappa shape index (κ3) is 5.34. The number of hydrogen-bond acceptors (Lipinski definition) is 5. The second kappa shape index (κ2) is 10.2. The van der Waals surface area contributed by atoms with E-state index in [2.05, 4.69) is 49.0 Å². The van der Waals surface area contributed by atoms with Gasteiger partial charge in [-0.25, -0.2) is 0 Å². The van der Waals surface area contributed by atoms with Crippen molar-refractivity contribution in [3.63, 3.8) is 0 Å². The van der Waals surface area contributed by atoms with Crippen LogP contribution in [0.4, 0.5) is 5.00 Å². The van der Waals surface area contributed by atoms with Crippen LogP contribution in [0.1, 0.15) is 43.9 Å². The third-order valence-electron chi connectivity index (χ3n) is 6.04. The monoisotopic (exact) mass is 415 g/mol. The predicted octanol–water partition coefficient (Wildman–Crippen LogP) is 3.70. The van der Waals surface area contributed by atoms with Crippen molar-refractivity contribution in [2.45, 2.75) is 44.2 Å². The van der Waals surface area contributed by atoms with E-state index in [0.29, 0.717) is 6.04 Å². The van der Waals surface area contributed by atoms with Gasteiger partial charge in [0.15, 0.2) is 5.96 Å². The smallest absolute Gasteiger partial charge is 0.191 e. The summed E-state index contributed by atoms with van der Waals surface area (Å²) in [5.74, 6) is 1.94. The summed E-state index contributed by atoms with van der Waals surface area (Å²) in [4.78, 5) is 9.52. The average Bonchev–Trinajstić information content (AvgIpc) is 3.49. The molecule has 2 aliphatic rings. The maximum absolute atomic E-state index is 5.77. The minimum Gasteiger partial charge on any atom is -0.468 e. The number of thiophene rings is 1. The molecule has 2 aliphatic heterocycles. The molecule has 0 radical (unpaired) electrons. The van der Waals surface area contributed by atoms with Crippen molar-refractivity contribution in [3.8, 4) is 0 Å². The number of hydrogen-bond donors (Lipinski definition) is 2. The van der Waals surface area contributed by atoms with Crippen molar-refractivity contribution in [2.24, 2.45) is 4.99 Å². The Bertz CT molecular complexity index is 731. The fourth-order valence-corrected chi connectivity index (χ4v) is 5.18. The van der Waals surface area contributed by atoms with E-state index >= 15 is 0 Å². The number of piperidine rings is 2. The van der Waals surface area contributed by atoms with Crippen molar-refractivity contribution in [2.75, 3.05) is 44.7 Å². The first-order valence-electron chi connectivity index (χ1n) is 10.9. The van der Waals surface area contributed by atoms with Crippen LogP contribution in [-0.4, -0.2) is 56.7 Å². The van der Waals surface area contributed by atoms with Gasteiger partial charge in [-0.3, -0.25) is 9.89 Å². The zero-order valence-electron chi connectivity index (χ0n) is 17.3.